The van der Waals surface area contributed by atoms with Crippen LogP contribution in [-0.4, -0.2) is 43.8 Å². The molecule has 0 N–H and O–H groups in total. The highest BCUT2D eigenvalue weighted by atomic mass is 32.2. The van der Waals surface area contributed by atoms with Gasteiger partial charge in [0.2, 0.25) is 25.0 Å². The standard InChI is InChI=1S/C24H28FN3O5S2/c1-17(2)28-21(14-26-24(28)34(29,30)16-18-4-6-19(25)7-5-18)15-27(20-8-9-20)35(31,32)23-12-10-22(33-3)11-13-23/h4-7,10-14,17,20H,8-9,15-16H2,1-3H3. The molecule has 0 unspecified atom stereocenters. The zero-order valence-corrected chi connectivity index (χ0v) is 21.4. The number of hydrogen-bond acceptors (Lipinski definition) is 6. The van der Waals surface area contributed by atoms with Crippen LogP contribution in [0.25, 0.3) is 0 Å². The summed E-state index contributed by atoms with van der Waals surface area (Å²) in [6, 6.07) is 11.0. The van der Waals surface area contributed by atoms with Gasteiger partial charge in [0.05, 0.1) is 36.2 Å². The van der Waals surface area contributed by atoms with Crippen LogP contribution in [0.3, 0.4) is 0 Å². The van der Waals surface area contributed by atoms with Crippen LogP contribution in [0, 0.1) is 5.82 Å². The monoisotopic (exact) mass is 521 g/mol. The minimum Gasteiger partial charge on any atom is -0.497 e. The molecule has 188 valence electrons. The highest BCUT2D eigenvalue weighted by Crippen LogP contribution is 2.35. The van der Waals surface area contributed by atoms with E-state index in [9.17, 15) is 21.2 Å². The number of nitrogens with zero attached hydrogens (tertiary/aromatic N) is 3. The summed E-state index contributed by atoms with van der Waals surface area (Å²) in [6.07, 6.45) is 2.90. The van der Waals surface area contributed by atoms with Gasteiger partial charge in [-0.05, 0) is 68.7 Å². The molecule has 0 saturated heterocycles. The van der Waals surface area contributed by atoms with Crippen molar-refractivity contribution in [2.24, 2.45) is 0 Å². The van der Waals surface area contributed by atoms with Crippen molar-refractivity contribution in [1.29, 1.82) is 0 Å². The van der Waals surface area contributed by atoms with Gasteiger partial charge in [-0.3, -0.25) is 0 Å². The summed E-state index contributed by atoms with van der Waals surface area (Å²) in [7, 11) is -6.19. The topological polar surface area (TPSA) is 98.6 Å². The Morgan fingerprint density at radius 3 is 2.23 bits per heavy atom. The van der Waals surface area contributed by atoms with Crippen molar-refractivity contribution >= 4 is 19.9 Å². The fraction of sp³-hybridized carbons (Fsp3) is 0.375. The van der Waals surface area contributed by atoms with Gasteiger partial charge in [0.15, 0.2) is 0 Å². The van der Waals surface area contributed by atoms with Gasteiger partial charge in [0.1, 0.15) is 11.6 Å². The van der Waals surface area contributed by atoms with Crippen LogP contribution in [0.5, 0.6) is 5.75 Å². The average molecular weight is 522 g/mol. The average Bonchev–Trinajstić information content (AvgIpc) is 3.56. The van der Waals surface area contributed by atoms with E-state index >= 15 is 0 Å². The number of methoxy groups -OCH3 is 1. The van der Waals surface area contributed by atoms with E-state index in [1.807, 2.05) is 13.8 Å². The molecule has 3 aromatic rings. The SMILES string of the molecule is COc1ccc(S(=O)(=O)N(Cc2cnc(S(=O)(=O)Cc3ccc(F)cc3)n2C(C)C)C2CC2)cc1. The Bertz CT molecular complexity index is 1400. The van der Waals surface area contributed by atoms with Crippen LogP contribution in [0.4, 0.5) is 4.39 Å². The lowest BCUT2D eigenvalue weighted by Crippen LogP contribution is -2.33. The van der Waals surface area contributed by atoms with E-state index in [0.717, 1.165) is 12.8 Å². The number of aromatic nitrogens is 2. The Hall–Kier alpha value is -2.76. The quantitative estimate of drug-likeness (QED) is 0.401. The first-order valence-electron chi connectivity index (χ1n) is 11.2. The molecule has 1 aliphatic rings. The van der Waals surface area contributed by atoms with Crippen LogP contribution >= 0.6 is 0 Å². The van der Waals surface area contributed by atoms with Crippen molar-refractivity contribution < 1.29 is 26.0 Å². The number of imidazole rings is 1. The van der Waals surface area contributed by atoms with E-state index in [0.29, 0.717) is 17.0 Å². The minimum atomic E-state index is -3.87. The summed E-state index contributed by atoms with van der Waals surface area (Å²) in [5.41, 5.74) is 0.926. The van der Waals surface area contributed by atoms with Crippen molar-refractivity contribution in [3.63, 3.8) is 0 Å². The zero-order chi connectivity index (χ0) is 25.4. The zero-order valence-electron chi connectivity index (χ0n) is 19.8. The smallest absolute Gasteiger partial charge is 0.243 e. The second-order valence-corrected chi connectivity index (χ2v) is 12.6. The van der Waals surface area contributed by atoms with Crippen molar-refractivity contribution in [3.8, 4) is 5.75 Å². The molecular formula is C24H28FN3O5S2. The highest BCUT2D eigenvalue weighted by molar-refractivity contribution is 7.90. The molecule has 0 bridgehead atoms. The molecule has 4 rings (SSSR count). The number of ether oxygens (including phenoxy) is 1. The lowest BCUT2D eigenvalue weighted by molar-refractivity contribution is 0.377. The van der Waals surface area contributed by atoms with E-state index in [2.05, 4.69) is 4.98 Å². The minimum absolute atomic E-state index is 0.00369. The Balaban J connectivity index is 1.67. The van der Waals surface area contributed by atoms with Crippen molar-refractivity contribution in [2.75, 3.05) is 7.11 Å². The number of hydrogen-bond donors (Lipinski definition) is 0. The molecule has 1 aromatic heterocycles. The summed E-state index contributed by atoms with van der Waals surface area (Å²) in [4.78, 5) is 4.34. The number of rotatable bonds is 10. The molecule has 0 spiro atoms. The Morgan fingerprint density at radius 2 is 1.69 bits per heavy atom. The van der Waals surface area contributed by atoms with E-state index in [4.69, 9.17) is 4.74 Å². The Labute approximate surface area is 205 Å². The number of sulfonamides is 1. The van der Waals surface area contributed by atoms with Gasteiger partial charge in [-0.2, -0.15) is 4.31 Å². The number of benzene rings is 2. The third-order valence-corrected chi connectivity index (χ3v) is 9.33. The third-order valence-electron chi connectivity index (χ3n) is 5.84. The van der Waals surface area contributed by atoms with Crippen LogP contribution in [0.1, 0.15) is 44.0 Å². The van der Waals surface area contributed by atoms with Gasteiger partial charge in [-0.25, -0.2) is 26.2 Å². The van der Waals surface area contributed by atoms with Gasteiger partial charge < -0.3 is 9.30 Å². The van der Waals surface area contributed by atoms with Crippen molar-refractivity contribution in [2.45, 2.75) is 61.1 Å². The molecule has 11 heteroatoms. The summed E-state index contributed by atoms with van der Waals surface area (Å²) >= 11 is 0. The second-order valence-electron chi connectivity index (χ2n) is 8.84. The molecular weight excluding hydrogens is 493 g/mol. The molecule has 0 radical (unpaired) electrons. The van der Waals surface area contributed by atoms with Crippen LogP contribution < -0.4 is 4.74 Å². The molecule has 0 atom stereocenters. The van der Waals surface area contributed by atoms with Crippen LogP contribution in [0.15, 0.2) is 64.8 Å². The predicted molar refractivity (Wildman–Crippen MR) is 129 cm³/mol. The third kappa shape index (κ3) is 5.41. The van der Waals surface area contributed by atoms with Gasteiger partial charge >= 0.3 is 0 Å². The second kappa shape index (κ2) is 9.71. The normalized spacial score (nSPS) is 14.6. The fourth-order valence-electron chi connectivity index (χ4n) is 3.96. The first kappa shape index (κ1) is 25.3. The van der Waals surface area contributed by atoms with Crippen LogP contribution in [-0.2, 0) is 32.2 Å². The van der Waals surface area contributed by atoms with Crippen LogP contribution in [0.2, 0.25) is 0 Å². The summed E-state index contributed by atoms with van der Waals surface area (Å²) in [6.45, 7) is 3.64. The molecule has 1 saturated carbocycles. The lowest BCUT2D eigenvalue weighted by atomic mass is 10.2. The molecule has 0 aliphatic heterocycles. The van der Waals surface area contributed by atoms with E-state index in [1.165, 1.54) is 54.0 Å². The molecule has 35 heavy (non-hydrogen) atoms. The molecule has 0 amide bonds. The van der Waals surface area contributed by atoms with E-state index in [-0.39, 0.29) is 34.4 Å². The maximum absolute atomic E-state index is 13.5. The van der Waals surface area contributed by atoms with Crippen molar-refractivity contribution in [3.05, 3.63) is 71.8 Å². The molecule has 2 aromatic carbocycles. The maximum atomic E-state index is 13.5. The summed E-state index contributed by atoms with van der Waals surface area (Å²) in [5.74, 6) is -0.237. The Morgan fingerprint density at radius 1 is 1.06 bits per heavy atom. The van der Waals surface area contributed by atoms with Gasteiger partial charge in [0.25, 0.3) is 0 Å². The van der Waals surface area contributed by atoms with Gasteiger partial charge in [-0.15, -0.1) is 0 Å². The summed E-state index contributed by atoms with van der Waals surface area (Å²) < 4.78 is 74.7. The molecule has 1 aliphatic carbocycles. The van der Waals surface area contributed by atoms with Gasteiger partial charge in [0, 0.05) is 12.1 Å². The first-order chi connectivity index (χ1) is 16.5. The maximum Gasteiger partial charge on any atom is 0.243 e. The highest BCUT2D eigenvalue weighted by Gasteiger charge is 2.39. The van der Waals surface area contributed by atoms with E-state index in [1.54, 1.807) is 16.7 Å². The largest absolute Gasteiger partial charge is 0.497 e. The first-order valence-corrected chi connectivity index (χ1v) is 14.3. The molecule has 1 fully saturated rings. The lowest BCUT2D eigenvalue weighted by Gasteiger charge is -2.24. The fourth-order valence-corrected chi connectivity index (χ4v) is 7.21. The van der Waals surface area contributed by atoms with Crippen molar-refractivity contribution in [1.82, 2.24) is 13.9 Å². The predicted octanol–water partition coefficient (Wildman–Crippen LogP) is 3.94. The number of halogens is 1. The molecule has 1 heterocycles. The van der Waals surface area contributed by atoms with Gasteiger partial charge in [-0.1, -0.05) is 12.1 Å². The van der Waals surface area contributed by atoms with E-state index < -0.39 is 25.7 Å². The summed E-state index contributed by atoms with van der Waals surface area (Å²) in [5, 5.41) is -0.135. The molecule has 8 nitrogen and oxygen atoms in total. The Kier molecular flexibility index (Phi) is 7.03. The number of sulfone groups is 1.